The first kappa shape index (κ1) is 11.9. The topological polar surface area (TPSA) is 38.3 Å². The standard InChI is InChI=1S/C13H16FNO2/c1-3-4-8-13(2)15-12(16)9-6-5-7-10(14)11(9)17-13/h5-7H,3-4,8H2,1-2H3,(H,15,16). The molecule has 0 aliphatic carbocycles. The molecule has 0 spiro atoms. The average molecular weight is 237 g/mol. The van der Waals surface area contributed by atoms with E-state index < -0.39 is 11.5 Å². The lowest BCUT2D eigenvalue weighted by Gasteiger charge is -2.36. The van der Waals surface area contributed by atoms with Crippen LogP contribution in [-0.4, -0.2) is 11.6 Å². The lowest BCUT2D eigenvalue weighted by Crippen LogP contribution is -2.54. The molecule has 0 radical (unpaired) electrons. The quantitative estimate of drug-likeness (QED) is 0.877. The van der Waals surface area contributed by atoms with E-state index in [4.69, 9.17) is 4.74 Å². The van der Waals surface area contributed by atoms with Crippen molar-refractivity contribution in [3.05, 3.63) is 29.6 Å². The van der Waals surface area contributed by atoms with Gasteiger partial charge in [0.1, 0.15) is 0 Å². The third-order valence-electron chi connectivity index (χ3n) is 2.92. The fourth-order valence-corrected chi connectivity index (χ4v) is 1.98. The number of fused-ring (bicyclic) bond motifs is 1. The highest BCUT2D eigenvalue weighted by atomic mass is 19.1. The minimum absolute atomic E-state index is 0.0647. The number of carbonyl (C=O) groups excluding carboxylic acids is 1. The molecule has 1 aliphatic heterocycles. The maximum absolute atomic E-state index is 13.6. The molecule has 0 bridgehead atoms. The van der Waals surface area contributed by atoms with E-state index in [1.807, 2.05) is 0 Å². The predicted octanol–water partition coefficient (Wildman–Crippen LogP) is 2.85. The summed E-state index contributed by atoms with van der Waals surface area (Å²) < 4.78 is 19.2. The van der Waals surface area contributed by atoms with Crippen molar-refractivity contribution in [2.45, 2.75) is 38.8 Å². The first-order valence-corrected chi connectivity index (χ1v) is 5.86. The lowest BCUT2D eigenvalue weighted by molar-refractivity contribution is 0.0212. The van der Waals surface area contributed by atoms with Crippen LogP contribution in [0, 0.1) is 5.82 Å². The Labute approximate surface area is 100.0 Å². The molecule has 0 aromatic heterocycles. The van der Waals surface area contributed by atoms with Gasteiger partial charge in [-0.15, -0.1) is 0 Å². The van der Waals surface area contributed by atoms with Crippen LogP contribution in [0.4, 0.5) is 4.39 Å². The number of halogens is 1. The Bertz CT molecular complexity index is 447. The second-order valence-electron chi connectivity index (χ2n) is 4.51. The third kappa shape index (κ3) is 2.25. The summed E-state index contributed by atoms with van der Waals surface area (Å²) in [4.78, 5) is 11.9. The van der Waals surface area contributed by atoms with E-state index >= 15 is 0 Å². The molecule has 1 aliphatic rings. The van der Waals surface area contributed by atoms with Gasteiger partial charge in [0.25, 0.3) is 5.91 Å². The Morgan fingerprint density at radius 3 is 2.94 bits per heavy atom. The van der Waals surface area contributed by atoms with Gasteiger partial charge in [-0.05, 0) is 25.5 Å². The van der Waals surface area contributed by atoms with Crippen molar-refractivity contribution in [1.29, 1.82) is 0 Å². The molecule has 1 aromatic carbocycles. The summed E-state index contributed by atoms with van der Waals surface area (Å²) in [7, 11) is 0. The number of hydrogen-bond acceptors (Lipinski definition) is 2. The average Bonchev–Trinajstić information content (AvgIpc) is 2.28. The minimum Gasteiger partial charge on any atom is -0.464 e. The molecule has 0 saturated carbocycles. The monoisotopic (exact) mass is 237 g/mol. The van der Waals surface area contributed by atoms with Crippen LogP contribution >= 0.6 is 0 Å². The zero-order valence-corrected chi connectivity index (χ0v) is 10.0. The molecule has 1 aromatic rings. The van der Waals surface area contributed by atoms with E-state index in [0.29, 0.717) is 6.42 Å². The summed E-state index contributed by atoms with van der Waals surface area (Å²) in [5.41, 5.74) is -0.540. The Morgan fingerprint density at radius 1 is 1.47 bits per heavy atom. The number of amides is 1. The van der Waals surface area contributed by atoms with Crippen molar-refractivity contribution in [1.82, 2.24) is 5.32 Å². The first-order chi connectivity index (χ1) is 8.06. The van der Waals surface area contributed by atoms with Gasteiger partial charge in [-0.1, -0.05) is 19.4 Å². The number of para-hydroxylation sites is 1. The number of rotatable bonds is 3. The van der Waals surface area contributed by atoms with Gasteiger partial charge in [0.15, 0.2) is 17.3 Å². The Morgan fingerprint density at radius 2 is 2.24 bits per heavy atom. The number of hydrogen-bond donors (Lipinski definition) is 1. The third-order valence-corrected chi connectivity index (χ3v) is 2.92. The zero-order chi connectivity index (χ0) is 12.5. The van der Waals surface area contributed by atoms with Crippen LogP contribution < -0.4 is 10.1 Å². The molecule has 4 heteroatoms. The molecule has 1 amide bonds. The van der Waals surface area contributed by atoms with Crippen molar-refractivity contribution in [2.24, 2.45) is 0 Å². The number of unbranched alkanes of at least 4 members (excludes halogenated alkanes) is 1. The zero-order valence-electron chi connectivity index (χ0n) is 10.0. The maximum atomic E-state index is 13.6. The SMILES string of the molecule is CCCCC1(C)NC(=O)c2cccc(F)c2O1. The maximum Gasteiger partial charge on any atom is 0.258 e. The summed E-state index contributed by atoms with van der Waals surface area (Å²) in [5.74, 6) is -0.695. The van der Waals surface area contributed by atoms with E-state index in [-0.39, 0.29) is 17.2 Å². The van der Waals surface area contributed by atoms with Crippen molar-refractivity contribution in [3.8, 4) is 5.75 Å². The van der Waals surface area contributed by atoms with Crippen LogP contribution in [0.2, 0.25) is 0 Å². The van der Waals surface area contributed by atoms with Crippen LogP contribution in [-0.2, 0) is 0 Å². The fourth-order valence-electron chi connectivity index (χ4n) is 1.98. The molecular formula is C13H16FNO2. The van der Waals surface area contributed by atoms with E-state index in [9.17, 15) is 9.18 Å². The van der Waals surface area contributed by atoms with Crippen LogP contribution in [0.3, 0.4) is 0 Å². The van der Waals surface area contributed by atoms with Gasteiger partial charge < -0.3 is 10.1 Å². The summed E-state index contributed by atoms with van der Waals surface area (Å²) in [5, 5.41) is 2.78. The number of nitrogens with one attached hydrogen (secondary N) is 1. The fraction of sp³-hybridized carbons (Fsp3) is 0.462. The van der Waals surface area contributed by atoms with Gasteiger partial charge in [-0.25, -0.2) is 4.39 Å². The number of carbonyl (C=O) groups is 1. The molecule has 1 heterocycles. The summed E-state index contributed by atoms with van der Waals surface area (Å²) in [6, 6.07) is 4.37. The molecule has 0 fully saturated rings. The van der Waals surface area contributed by atoms with Crippen LogP contribution in [0.1, 0.15) is 43.5 Å². The highest BCUT2D eigenvalue weighted by molar-refractivity contribution is 5.98. The largest absolute Gasteiger partial charge is 0.464 e. The van der Waals surface area contributed by atoms with Gasteiger partial charge in [-0.3, -0.25) is 4.79 Å². The summed E-state index contributed by atoms with van der Waals surface area (Å²) in [6.07, 6.45) is 2.59. The van der Waals surface area contributed by atoms with Gasteiger partial charge in [0.05, 0.1) is 5.56 Å². The lowest BCUT2D eigenvalue weighted by atomic mass is 10.0. The van der Waals surface area contributed by atoms with Crippen molar-refractivity contribution < 1.29 is 13.9 Å². The van der Waals surface area contributed by atoms with Gasteiger partial charge >= 0.3 is 0 Å². The normalized spacial score (nSPS) is 22.6. The summed E-state index contributed by atoms with van der Waals surface area (Å²) >= 11 is 0. The van der Waals surface area contributed by atoms with Crippen molar-refractivity contribution >= 4 is 5.91 Å². The van der Waals surface area contributed by atoms with E-state index in [0.717, 1.165) is 12.8 Å². The number of benzene rings is 1. The van der Waals surface area contributed by atoms with Crippen molar-refractivity contribution in [3.63, 3.8) is 0 Å². The second-order valence-corrected chi connectivity index (χ2v) is 4.51. The Hall–Kier alpha value is -1.58. The van der Waals surface area contributed by atoms with E-state index in [1.54, 1.807) is 13.0 Å². The second kappa shape index (κ2) is 4.35. The van der Waals surface area contributed by atoms with Gasteiger partial charge in [0, 0.05) is 6.42 Å². The number of ether oxygens (including phenoxy) is 1. The molecule has 3 nitrogen and oxygen atoms in total. The minimum atomic E-state index is -0.803. The molecular weight excluding hydrogens is 221 g/mol. The van der Waals surface area contributed by atoms with E-state index in [1.165, 1.54) is 12.1 Å². The smallest absolute Gasteiger partial charge is 0.258 e. The molecule has 1 atom stereocenters. The Kier molecular flexibility index (Phi) is 3.05. The highest BCUT2D eigenvalue weighted by Crippen LogP contribution is 2.32. The molecule has 0 saturated heterocycles. The van der Waals surface area contributed by atoms with Gasteiger partial charge in [0.2, 0.25) is 0 Å². The van der Waals surface area contributed by atoms with Crippen LogP contribution in [0.5, 0.6) is 5.75 Å². The first-order valence-electron chi connectivity index (χ1n) is 5.86. The van der Waals surface area contributed by atoms with Crippen molar-refractivity contribution in [2.75, 3.05) is 0 Å². The van der Waals surface area contributed by atoms with E-state index in [2.05, 4.69) is 12.2 Å². The van der Waals surface area contributed by atoms with Gasteiger partial charge in [-0.2, -0.15) is 0 Å². The van der Waals surface area contributed by atoms with Crippen LogP contribution in [0.15, 0.2) is 18.2 Å². The highest BCUT2D eigenvalue weighted by Gasteiger charge is 2.36. The molecule has 17 heavy (non-hydrogen) atoms. The predicted molar refractivity (Wildman–Crippen MR) is 62.4 cm³/mol. The molecule has 92 valence electrons. The molecule has 1 N–H and O–H groups in total. The summed E-state index contributed by atoms with van der Waals surface area (Å²) in [6.45, 7) is 3.83. The van der Waals surface area contributed by atoms with Crippen LogP contribution in [0.25, 0.3) is 0 Å². The molecule has 2 rings (SSSR count). The Balaban J connectivity index is 2.31. The molecule has 1 unspecified atom stereocenters.